The van der Waals surface area contributed by atoms with Crippen LogP contribution < -0.4 is 5.56 Å². The number of ether oxygens (including phenoxy) is 1. The van der Waals surface area contributed by atoms with Gasteiger partial charge in [-0.1, -0.05) is 18.2 Å². The molecule has 7 nitrogen and oxygen atoms in total. The molecule has 23 heavy (non-hydrogen) atoms. The van der Waals surface area contributed by atoms with Gasteiger partial charge in [-0.15, -0.1) is 0 Å². The molecule has 120 valence electrons. The van der Waals surface area contributed by atoms with Gasteiger partial charge in [0.25, 0.3) is 11.5 Å². The Hall–Kier alpha value is -2.67. The Morgan fingerprint density at radius 2 is 2.13 bits per heavy atom. The Kier molecular flexibility index (Phi) is 4.12. The van der Waals surface area contributed by atoms with Gasteiger partial charge in [0.05, 0.1) is 19.1 Å². The highest BCUT2D eigenvalue weighted by Gasteiger charge is 2.27. The van der Waals surface area contributed by atoms with E-state index in [9.17, 15) is 14.4 Å². The van der Waals surface area contributed by atoms with Crippen LogP contribution in [0.5, 0.6) is 0 Å². The standard InChI is InChI=1S/C16H16N2O5/c19-14(20)8-11-9-18(5-6-23-11)16(22)13-7-10-3-1-2-4-12(10)15(21)17-13/h1-4,7,11H,5-6,8-9H2,(H,17,21)(H,19,20)/t11-/m0/s1. The SMILES string of the molecule is O=C(O)C[C@H]1CN(C(=O)c2cc3ccccc3c(=O)[nH]2)CCO1. The molecule has 1 aliphatic rings. The van der Waals surface area contributed by atoms with E-state index in [-0.39, 0.29) is 36.7 Å². The molecule has 1 aromatic carbocycles. The number of rotatable bonds is 3. The Balaban J connectivity index is 1.85. The lowest BCUT2D eigenvalue weighted by molar-refractivity contribution is -0.141. The van der Waals surface area contributed by atoms with E-state index in [1.807, 2.05) is 0 Å². The molecular formula is C16H16N2O5. The first-order chi connectivity index (χ1) is 11.0. The van der Waals surface area contributed by atoms with Crippen molar-refractivity contribution in [2.45, 2.75) is 12.5 Å². The number of pyridine rings is 1. The molecule has 0 spiro atoms. The van der Waals surface area contributed by atoms with Crippen LogP contribution in [0.3, 0.4) is 0 Å². The van der Waals surface area contributed by atoms with Crippen LogP contribution in [-0.2, 0) is 9.53 Å². The monoisotopic (exact) mass is 316 g/mol. The number of hydrogen-bond donors (Lipinski definition) is 2. The van der Waals surface area contributed by atoms with Gasteiger partial charge in [0.2, 0.25) is 0 Å². The summed E-state index contributed by atoms with van der Waals surface area (Å²) < 4.78 is 5.35. The van der Waals surface area contributed by atoms with Crippen LogP contribution in [0.25, 0.3) is 10.8 Å². The number of fused-ring (bicyclic) bond motifs is 1. The zero-order chi connectivity index (χ0) is 16.4. The minimum Gasteiger partial charge on any atom is -0.481 e. The maximum Gasteiger partial charge on any atom is 0.306 e. The van der Waals surface area contributed by atoms with Crippen molar-refractivity contribution in [3.8, 4) is 0 Å². The molecule has 0 radical (unpaired) electrons. The summed E-state index contributed by atoms with van der Waals surface area (Å²) in [6.07, 6.45) is -0.685. The molecule has 1 atom stereocenters. The van der Waals surface area contributed by atoms with Crippen molar-refractivity contribution in [3.63, 3.8) is 0 Å². The quantitative estimate of drug-likeness (QED) is 0.874. The highest BCUT2D eigenvalue weighted by Crippen LogP contribution is 2.14. The molecule has 0 aliphatic carbocycles. The number of hydrogen-bond acceptors (Lipinski definition) is 4. The van der Waals surface area contributed by atoms with Crippen molar-refractivity contribution in [2.75, 3.05) is 19.7 Å². The Morgan fingerprint density at radius 3 is 2.91 bits per heavy atom. The number of aromatic amines is 1. The zero-order valence-corrected chi connectivity index (χ0v) is 12.3. The van der Waals surface area contributed by atoms with Crippen molar-refractivity contribution < 1.29 is 19.4 Å². The molecule has 1 amide bonds. The summed E-state index contributed by atoms with van der Waals surface area (Å²) in [4.78, 5) is 39.5. The maximum atomic E-state index is 12.6. The topological polar surface area (TPSA) is 99.7 Å². The van der Waals surface area contributed by atoms with E-state index in [0.29, 0.717) is 17.3 Å². The smallest absolute Gasteiger partial charge is 0.306 e. The highest BCUT2D eigenvalue weighted by molar-refractivity contribution is 5.96. The molecule has 0 saturated carbocycles. The molecule has 3 rings (SSSR count). The summed E-state index contributed by atoms with van der Waals surface area (Å²) in [6.45, 7) is 0.839. The third-order valence-corrected chi connectivity index (χ3v) is 3.81. The molecule has 2 heterocycles. The van der Waals surface area contributed by atoms with Crippen LogP contribution >= 0.6 is 0 Å². The third-order valence-electron chi connectivity index (χ3n) is 3.81. The number of nitrogens with zero attached hydrogens (tertiary/aromatic N) is 1. The summed E-state index contributed by atoms with van der Waals surface area (Å²) in [6, 6.07) is 8.67. The normalized spacial score (nSPS) is 18.1. The van der Waals surface area contributed by atoms with Gasteiger partial charge in [-0.2, -0.15) is 0 Å². The number of carboxylic acid groups (broad SMARTS) is 1. The van der Waals surface area contributed by atoms with Gasteiger partial charge < -0.3 is 19.7 Å². The molecule has 1 saturated heterocycles. The fourth-order valence-corrected chi connectivity index (χ4v) is 2.72. The number of carboxylic acids is 1. The van der Waals surface area contributed by atoms with Gasteiger partial charge in [-0.25, -0.2) is 0 Å². The average Bonchev–Trinajstić information content (AvgIpc) is 2.54. The summed E-state index contributed by atoms with van der Waals surface area (Å²) in [5, 5.41) is 10.0. The molecule has 2 N–H and O–H groups in total. The molecule has 0 unspecified atom stereocenters. The first kappa shape index (κ1) is 15.2. The second-order valence-electron chi connectivity index (χ2n) is 5.44. The van der Waals surface area contributed by atoms with Crippen molar-refractivity contribution in [2.24, 2.45) is 0 Å². The molecule has 1 fully saturated rings. The maximum absolute atomic E-state index is 12.6. The van der Waals surface area contributed by atoms with Gasteiger partial charge in [-0.3, -0.25) is 14.4 Å². The molecule has 0 bridgehead atoms. The fourth-order valence-electron chi connectivity index (χ4n) is 2.72. The molecule has 1 aliphatic heterocycles. The van der Waals surface area contributed by atoms with E-state index in [1.165, 1.54) is 4.90 Å². The van der Waals surface area contributed by atoms with Gasteiger partial charge in [0, 0.05) is 18.5 Å². The van der Waals surface area contributed by atoms with E-state index in [1.54, 1.807) is 30.3 Å². The average molecular weight is 316 g/mol. The molecular weight excluding hydrogens is 300 g/mol. The minimum atomic E-state index is -0.969. The number of morpholine rings is 1. The van der Waals surface area contributed by atoms with Crippen LogP contribution in [0.15, 0.2) is 35.1 Å². The first-order valence-electron chi connectivity index (χ1n) is 7.29. The first-order valence-corrected chi connectivity index (χ1v) is 7.29. The predicted molar refractivity (Wildman–Crippen MR) is 82.5 cm³/mol. The van der Waals surface area contributed by atoms with Gasteiger partial charge in [0.1, 0.15) is 5.69 Å². The number of carbonyl (C=O) groups is 2. The molecule has 7 heteroatoms. The van der Waals surface area contributed by atoms with Gasteiger partial charge in [-0.05, 0) is 17.5 Å². The number of nitrogens with one attached hydrogen (secondary N) is 1. The number of benzene rings is 1. The van der Waals surface area contributed by atoms with E-state index < -0.39 is 12.1 Å². The summed E-state index contributed by atoms with van der Waals surface area (Å²) in [5.41, 5.74) is -0.119. The number of carbonyl (C=O) groups excluding carboxylic acids is 1. The minimum absolute atomic E-state index is 0.155. The Morgan fingerprint density at radius 1 is 1.35 bits per heavy atom. The number of aliphatic carboxylic acids is 1. The second kappa shape index (κ2) is 6.21. The van der Waals surface area contributed by atoms with Crippen molar-refractivity contribution in [1.29, 1.82) is 0 Å². The van der Waals surface area contributed by atoms with Crippen LogP contribution in [0.1, 0.15) is 16.9 Å². The molecule has 1 aromatic heterocycles. The summed E-state index contributed by atoms with van der Waals surface area (Å²) in [5.74, 6) is -1.30. The molecule has 2 aromatic rings. The number of aromatic nitrogens is 1. The fraction of sp³-hybridized carbons (Fsp3) is 0.312. The van der Waals surface area contributed by atoms with Crippen molar-refractivity contribution >= 4 is 22.6 Å². The summed E-state index contributed by atoms with van der Waals surface area (Å²) in [7, 11) is 0. The summed E-state index contributed by atoms with van der Waals surface area (Å²) >= 11 is 0. The van der Waals surface area contributed by atoms with Crippen molar-refractivity contribution in [1.82, 2.24) is 9.88 Å². The largest absolute Gasteiger partial charge is 0.481 e. The van der Waals surface area contributed by atoms with E-state index >= 15 is 0 Å². The van der Waals surface area contributed by atoms with E-state index in [2.05, 4.69) is 4.98 Å². The Bertz CT molecular complexity index is 813. The third kappa shape index (κ3) is 3.24. The number of H-pyrrole nitrogens is 1. The van der Waals surface area contributed by atoms with Crippen molar-refractivity contribution in [3.05, 3.63) is 46.4 Å². The zero-order valence-electron chi connectivity index (χ0n) is 12.3. The van der Waals surface area contributed by atoms with Crippen LogP contribution in [0.4, 0.5) is 0 Å². The predicted octanol–water partition coefficient (Wildman–Crippen LogP) is 0.844. The Labute approximate surface area is 131 Å². The lowest BCUT2D eigenvalue weighted by Crippen LogP contribution is -2.46. The van der Waals surface area contributed by atoms with E-state index in [4.69, 9.17) is 9.84 Å². The van der Waals surface area contributed by atoms with Crippen LogP contribution in [0.2, 0.25) is 0 Å². The van der Waals surface area contributed by atoms with Gasteiger partial charge in [0.15, 0.2) is 0 Å². The lowest BCUT2D eigenvalue weighted by Gasteiger charge is -2.32. The van der Waals surface area contributed by atoms with E-state index in [0.717, 1.165) is 0 Å². The highest BCUT2D eigenvalue weighted by atomic mass is 16.5. The van der Waals surface area contributed by atoms with Crippen LogP contribution in [-0.4, -0.2) is 52.7 Å². The number of amides is 1. The lowest BCUT2D eigenvalue weighted by atomic mass is 10.1. The van der Waals surface area contributed by atoms with Crippen LogP contribution in [0, 0.1) is 0 Å². The van der Waals surface area contributed by atoms with Gasteiger partial charge >= 0.3 is 5.97 Å². The second-order valence-corrected chi connectivity index (χ2v) is 5.44.